The monoisotopic (exact) mass is 288 g/mol. The molecule has 0 aromatic heterocycles. The molecule has 0 saturated carbocycles. The molecule has 0 aliphatic carbocycles. The number of carbonyl (C=O) groups excluding carboxylic acids is 2. The fourth-order valence-corrected chi connectivity index (χ4v) is 3.09. The van der Waals surface area contributed by atoms with Crippen LogP contribution >= 0.6 is 0 Å². The van der Waals surface area contributed by atoms with Gasteiger partial charge in [-0.1, -0.05) is 12.1 Å². The minimum absolute atomic E-state index is 0.0314. The molecule has 0 bridgehead atoms. The van der Waals surface area contributed by atoms with Crippen molar-refractivity contribution >= 4 is 11.8 Å². The van der Waals surface area contributed by atoms with E-state index < -0.39 is 0 Å². The van der Waals surface area contributed by atoms with Gasteiger partial charge in [-0.15, -0.1) is 0 Å². The van der Waals surface area contributed by atoms with Crippen molar-refractivity contribution in [2.75, 3.05) is 19.7 Å². The first-order valence-corrected chi connectivity index (χ1v) is 7.42. The molecular weight excluding hydrogens is 268 g/mol. The van der Waals surface area contributed by atoms with E-state index in [0.717, 1.165) is 13.0 Å². The smallest absolute Gasteiger partial charge is 0.261 e. The van der Waals surface area contributed by atoms with Gasteiger partial charge in [0.05, 0.1) is 17.7 Å². The van der Waals surface area contributed by atoms with Gasteiger partial charge in [0.25, 0.3) is 11.8 Å². The molecule has 1 fully saturated rings. The summed E-state index contributed by atoms with van der Waals surface area (Å²) in [6.45, 7) is 5.99. The largest absolute Gasteiger partial charge is 0.363 e. The van der Waals surface area contributed by atoms with Crippen LogP contribution < -0.4 is 0 Å². The average molecular weight is 288 g/mol. The second-order valence-corrected chi connectivity index (χ2v) is 5.65. The van der Waals surface area contributed by atoms with Gasteiger partial charge < -0.3 is 4.74 Å². The van der Waals surface area contributed by atoms with E-state index in [1.807, 2.05) is 6.92 Å². The molecule has 21 heavy (non-hydrogen) atoms. The van der Waals surface area contributed by atoms with Crippen LogP contribution in [0.15, 0.2) is 24.3 Å². The predicted molar refractivity (Wildman–Crippen MR) is 78.0 cm³/mol. The van der Waals surface area contributed by atoms with Gasteiger partial charge in [0.1, 0.15) is 6.23 Å². The number of imide groups is 1. The lowest BCUT2D eigenvalue weighted by Gasteiger charge is -2.39. The van der Waals surface area contributed by atoms with E-state index in [1.165, 1.54) is 4.90 Å². The molecule has 2 aliphatic rings. The summed E-state index contributed by atoms with van der Waals surface area (Å²) >= 11 is 0. The van der Waals surface area contributed by atoms with Gasteiger partial charge in [-0.25, -0.2) is 0 Å². The van der Waals surface area contributed by atoms with Gasteiger partial charge in [0.15, 0.2) is 0 Å². The van der Waals surface area contributed by atoms with Crippen LogP contribution in [0.2, 0.25) is 0 Å². The van der Waals surface area contributed by atoms with Crippen molar-refractivity contribution in [1.29, 1.82) is 0 Å². The van der Waals surface area contributed by atoms with Crippen LogP contribution in [0.4, 0.5) is 0 Å². The van der Waals surface area contributed by atoms with E-state index in [0.29, 0.717) is 30.3 Å². The zero-order valence-electron chi connectivity index (χ0n) is 12.4. The number of ether oxygens (including phenoxy) is 1. The topological polar surface area (TPSA) is 49.9 Å². The van der Waals surface area contributed by atoms with Crippen molar-refractivity contribution in [2.45, 2.75) is 32.5 Å². The number of nitrogens with zero attached hydrogens (tertiary/aromatic N) is 2. The van der Waals surface area contributed by atoms with Crippen molar-refractivity contribution in [3.05, 3.63) is 35.4 Å². The summed E-state index contributed by atoms with van der Waals surface area (Å²) in [4.78, 5) is 28.1. The van der Waals surface area contributed by atoms with Crippen LogP contribution in [0, 0.1) is 0 Å². The minimum atomic E-state index is -0.186. The Kier molecular flexibility index (Phi) is 3.78. The van der Waals surface area contributed by atoms with Gasteiger partial charge in [-0.3, -0.25) is 19.4 Å². The van der Waals surface area contributed by atoms with E-state index in [-0.39, 0.29) is 18.0 Å². The van der Waals surface area contributed by atoms with Gasteiger partial charge in [0.2, 0.25) is 0 Å². The predicted octanol–water partition coefficient (Wildman–Crippen LogP) is 1.74. The van der Waals surface area contributed by atoms with Crippen molar-refractivity contribution in [2.24, 2.45) is 0 Å². The molecule has 0 spiro atoms. The Morgan fingerprint density at radius 2 is 1.71 bits per heavy atom. The molecule has 112 valence electrons. The van der Waals surface area contributed by atoms with Gasteiger partial charge in [-0.05, 0) is 32.4 Å². The number of benzene rings is 1. The zero-order valence-corrected chi connectivity index (χ0v) is 12.4. The maximum Gasteiger partial charge on any atom is 0.261 e. The van der Waals surface area contributed by atoms with Crippen LogP contribution in [0.3, 0.4) is 0 Å². The molecule has 1 saturated heterocycles. The van der Waals surface area contributed by atoms with Crippen LogP contribution in [0.25, 0.3) is 0 Å². The molecule has 2 aliphatic heterocycles. The molecule has 2 amide bonds. The third-order valence-electron chi connectivity index (χ3n) is 4.39. The summed E-state index contributed by atoms with van der Waals surface area (Å²) in [7, 11) is 0. The standard InChI is InChI=1S/C16H20N2O3/c1-11-7-10-21-12(2)17(11)8-9-18-15(19)13-5-3-4-6-14(13)16(18)20/h3-6,11-12H,7-10H2,1-2H3. The van der Waals surface area contributed by atoms with E-state index in [1.54, 1.807) is 24.3 Å². The number of fused-ring (bicyclic) bond motifs is 1. The Morgan fingerprint density at radius 1 is 1.10 bits per heavy atom. The molecule has 2 heterocycles. The highest BCUT2D eigenvalue weighted by molar-refractivity contribution is 6.21. The average Bonchev–Trinajstić information content (AvgIpc) is 2.72. The summed E-state index contributed by atoms with van der Waals surface area (Å²) in [5, 5.41) is 0. The molecule has 5 nitrogen and oxygen atoms in total. The molecule has 0 radical (unpaired) electrons. The van der Waals surface area contributed by atoms with Gasteiger partial charge in [-0.2, -0.15) is 0 Å². The summed E-state index contributed by atoms with van der Waals surface area (Å²) in [5.41, 5.74) is 1.02. The zero-order chi connectivity index (χ0) is 15.0. The molecule has 5 heteroatoms. The SMILES string of the molecule is CC1CCOC(C)N1CCN1C(=O)c2ccccc2C1=O. The summed E-state index contributed by atoms with van der Waals surface area (Å²) in [6, 6.07) is 7.41. The molecule has 0 N–H and O–H groups in total. The first-order chi connectivity index (χ1) is 10.1. The summed E-state index contributed by atoms with van der Waals surface area (Å²) in [6.07, 6.45) is 1.01. The Bertz CT molecular complexity index is 527. The first kappa shape index (κ1) is 14.2. The molecule has 1 aromatic rings. The Hall–Kier alpha value is -1.72. The van der Waals surface area contributed by atoms with E-state index >= 15 is 0 Å². The fraction of sp³-hybridized carbons (Fsp3) is 0.500. The number of amides is 2. The minimum Gasteiger partial charge on any atom is -0.363 e. The Labute approximate surface area is 124 Å². The number of carbonyl (C=O) groups is 2. The Morgan fingerprint density at radius 3 is 2.29 bits per heavy atom. The fourth-order valence-electron chi connectivity index (χ4n) is 3.09. The number of hydrogen-bond donors (Lipinski definition) is 0. The normalized spacial score (nSPS) is 26.3. The molecule has 2 unspecified atom stereocenters. The lowest BCUT2D eigenvalue weighted by atomic mass is 10.1. The number of hydrogen-bond acceptors (Lipinski definition) is 4. The van der Waals surface area contributed by atoms with Gasteiger partial charge >= 0.3 is 0 Å². The van der Waals surface area contributed by atoms with Crippen molar-refractivity contribution in [1.82, 2.24) is 9.80 Å². The lowest BCUT2D eigenvalue weighted by Crippen LogP contribution is -2.50. The van der Waals surface area contributed by atoms with Crippen LogP contribution in [-0.4, -0.2) is 53.6 Å². The van der Waals surface area contributed by atoms with E-state index in [9.17, 15) is 9.59 Å². The molecule has 1 aromatic carbocycles. The van der Waals surface area contributed by atoms with Crippen LogP contribution in [0.1, 0.15) is 41.0 Å². The van der Waals surface area contributed by atoms with Crippen LogP contribution in [-0.2, 0) is 4.74 Å². The van der Waals surface area contributed by atoms with Crippen LogP contribution in [0.5, 0.6) is 0 Å². The summed E-state index contributed by atoms with van der Waals surface area (Å²) < 4.78 is 5.63. The van der Waals surface area contributed by atoms with Crippen molar-refractivity contribution in [3.8, 4) is 0 Å². The van der Waals surface area contributed by atoms with E-state index in [2.05, 4.69) is 11.8 Å². The maximum absolute atomic E-state index is 12.3. The highest BCUT2D eigenvalue weighted by atomic mass is 16.5. The highest BCUT2D eigenvalue weighted by Crippen LogP contribution is 2.23. The third kappa shape index (κ3) is 2.47. The quantitative estimate of drug-likeness (QED) is 0.795. The number of rotatable bonds is 3. The third-order valence-corrected chi connectivity index (χ3v) is 4.39. The first-order valence-electron chi connectivity index (χ1n) is 7.42. The molecule has 2 atom stereocenters. The second-order valence-electron chi connectivity index (χ2n) is 5.65. The van der Waals surface area contributed by atoms with Crippen molar-refractivity contribution < 1.29 is 14.3 Å². The highest BCUT2D eigenvalue weighted by Gasteiger charge is 2.36. The molecule has 3 rings (SSSR count). The van der Waals surface area contributed by atoms with Gasteiger partial charge in [0, 0.05) is 19.1 Å². The Balaban J connectivity index is 1.69. The van der Waals surface area contributed by atoms with Crippen molar-refractivity contribution in [3.63, 3.8) is 0 Å². The lowest BCUT2D eigenvalue weighted by molar-refractivity contribution is -0.108. The maximum atomic E-state index is 12.3. The van der Waals surface area contributed by atoms with E-state index in [4.69, 9.17) is 4.74 Å². The summed E-state index contributed by atoms with van der Waals surface area (Å²) in [5.74, 6) is -0.373. The molecular formula is C16H20N2O3. The second kappa shape index (κ2) is 5.58.